The van der Waals surface area contributed by atoms with E-state index in [9.17, 15) is 18.0 Å². The number of aryl methyl sites for hydroxylation is 2. The molecule has 1 heterocycles. The molecule has 0 aliphatic carbocycles. The van der Waals surface area contributed by atoms with Crippen molar-refractivity contribution in [2.75, 3.05) is 39.0 Å². The fourth-order valence-electron chi connectivity index (χ4n) is 2.85. The predicted octanol–water partition coefficient (Wildman–Crippen LogP) is 0.491. The normalized spacial score (nSPS) is 18.2. The van der Waals surface area contributed by atoms with Crippen LogP contribution < -0.4 is 0 Å². The van der Waals surface area contributed by atoms with Crippen molar-refractivity contribution in [3.05, 3.63) is 34.9 Å². The molecule has 1 aliphatic rings. The SMILES string of the molecule is Cc1ccc(C)c(C(=O)N2CCOC(CN(CC(=O)O)S(C)(=O)=O)C2)c1. The minimum Gasteiger partial charge on any atom is -0.480 e. The number of morpholine rings is 1. The van der Waals surface area contributed by atoms with Gasteiger partial charge in [-0.1, -0.05) is 17.7 Å². The number of carbonyl (C=O) groups excluding carboxylic acids is 1. The van der Waals surface area contributed by atoms with E-state index in [1.807, 2.05) is 32.0 Å². The molecule has 1 atom stereocenters. The molecule has 0 spiro atoms. The van der Waals surface area contributed by atoms with Crippen LogP contribution in [-0.2, 0) is 19.6 Å². The molecule has 0 bridgehead atoms. The monoisotopic (exact) mass is 384 g/mol. The van der Waals surface area contributed by atoms with E-state index in [2.05, 4.69) is 0 Å². The Hall–Kier alpha value is -1.97. The minimum atomic E-state index is -3.69. The number of hydrogen-bond donors (Lipinski definition) is 1. The van der Waals surface area contributed by atoms with E-state index in [4.69, 9.17) is 9.84 Å². The van der Waals surface area contributed by atoms with E-state index < -0.39 is 28.6 Å². The van der Waals surface area contributed by atoms with Crippen molar-refractivity contribution in [1.82, 2.24) is 9.21 Å². The van der Waals surface area contributed by atoms with Gasteiger partial charge in [0.2, 0.25) is 10.0 Å². The van der Waals surface area contributed by atoms with Crippen LogP contribution in [0.3, 0.4) is 0 Å². The summed E-state index contributed by atoms with van der Waals surface area (Å²) in [6, 6.07) is 5.65. The Bertz CT molecular complexity index is 792. The van der Waals surface area contributed by atoms with Gasteiger partial charge < -0.3 is 14.7 Å². The lowest BCUT2D eigenvalue weighted by molar-refractivity contribution is -0.137. The van der Waals surface area contributed by atoms with Gasteiger partial charge >= 0.3 is 5.97 Å². The lowest BCUT2D eigenvalue weighted by Gasteiger charge is -2.35. The van der Waals surface area contributed by atoms with Crippen molar-refractivity contribution in [2.24, 2.45) is 0 Å². The molecule has 1 aromatic rings. The number of carboxylic acids is 1. The average Bonchev–Trinajstić information content (AvgIpc) is 2.55. The summed E-state index contributed by atoms with van der Waals surface area (Å²) in [4.78, 5) is 25.4. The van der Waals surface area contributed by atoms with Crippen LogP contribution in [0.25, 0.3) is 0 Å². The van der Waals surface area contributed by atoms with Crippen LogP contribution in [0.4, 0.5) is 0 Å². The molecular weight excluding hydrogens is 360 g/mol. The fourth-order valence-corrected chi connectivity index (χ4v) is 3.63. The first-order valence-corrected chi connectivity index (χ1v) is 10.1. The number of sulfonamides is 1. The second kappa shape index (κ2) is 8.15. The summed E-state index contributed by atoms with van der Waals surface area (Å²) in [6.45, 7) is 3.91. The van der Waals surface area contributed by atoms with Gasteiger partial charge in [-0.15, -0.1) is 0 Å². The number of rotatable bonds is 6. The van der Waals surface area contributed by atoms with Gasteiger partial charge in [0.1, 0.15) is 6.54 Å². The number of carbonyl (C=O) groups is 2. The van der Waals surface area contributed by atoms with Crippen LogP contribution in [-0.4, -0.2) is 79.8 Å². The Morgan fingerprint density at radius 1 is 1.35 bits per heavy atom. The van der Waals surface area contributed by atoms with Crippen LogP contribution in [0.2, 0.25) is 0 Å². The lowest BCUT2D eigenvalue weighted by atomic mass is 10.0. The highest BCUT2D eigenvalue weighted by molar-refractivity contribution is 7.88. The molecule has 0 radical (unpaired) electrons. The first kappa shape index (κ1) is 20.3. The van der Waals surface area contributed by atoms with Crippen LogP contribution in [0, 0.1) is 13.8 Å². The molecule has 1 saturated heterocycles. The van der Waals surface area contributed by atoms with E-state index in [1.165, 1.54) is 0 Å². The summed E-state index contributed by atoms with van der Waals surface area (Å²) in [5, 5.41) is 8.91. The number of carboxylic acid groups (broad SMARTS) is 1. The molecule has 1 aromatic carbocycles. The van der Waals surface area contributed by atoms with Crippen molar-refractivity contribution in [1.29, 1.82) is 0 Å². The number of aliphatic carboxylic acids is 1. The van der Waals surface area contributed by atoms with Crippen LogP contribution in [0.15, 0.2) is 18.2 Å². The van der Waals surface area contributed by atoms with Crippen molar-refractivity contribution >= 4 is 21.9 Å². The van der Waals surface area contributed by atoms with Gasteiger partial charge in [0.15, 0.2) is 0 Å². The summed E-state index contributed by atoms with van der Waals surface area (Å²) < 4.78 is 30.0. The first-order chi connectivity index (χ1) is 12.1. The molecule has 0 saturated carbocycles. The molecule has 0 aromatic heterocycles. The standard InChI is InChI=1S/C17H24N2O6S/c1-12-4-5-13(2)15(8-12)17(22)18-6-7-25-14(9-18)10-19(11-16(20)21)26(3,23)24/h4-5,8,14H,6-7,9-11H2,1-3H3,(H,20,21). The topological polar surface area (TPSA) is 104 Å². The minimum absolute atomic E-state index is 0.109. The molecule has 8 nitrogen and oxygen atoms in total. The Labute approximate surface area is 153 Å². The van der Waals surface area contributed by atoms with E-state index in [-0.39, 0.29) is 25.6 Å². The number of benzene rings is 1. The van der Waals surface area contributed by atoms with Crippen LogP contribution >= 0.6 is 0 Å². The van der Waals surface area contributed by atoms with Crippen molar-refractivity contribution in [2.45, 2.75) is 20.0 Å². The Morgan fingerprint density at radius 2 is 2.04 bits per heavy atom. The predicted molar refractivity (Wildman–Crippen MR) is 95.6 cm³/mol. The summed E-state index contributed by atoms with van der Waals surface area (Å²) in [7, 11) is -3.69. The molecule has 1 fully saturated rings. The van der Waals surface area contributed by atoms with E-state index in [1.54, 1.807) is 4.90 Å². The number of ether oxygens (including phenoxy) is 1. The van der Waals surface area contributed by atoms with Crippen LogP contribution in [0.5, 0.6) is 0 Å². The molecule has 1 unspecified atom stereocenters. The van der Waals surface area contributed by atoms with Crippen LogP contribution in [0.1, 0.15) is 21.5 Å². The van der Waals surface area contributed by atoms with E-state index in [0.717, 1.165) is 21.7 Å². The van der Waals surface area contributed by atoms with Gasteiger partial charge in [0.25, 0.3) is 5.91 Å². The highest BCUT2D eigenvalue weighted by Gasteiger charge is 2.30. The van der Waals surface area contributed by atoms with Gasteiger partial charge in [0.05, 0.1) is 19.0 Å². The summed E-state index contributed by atoms with van der Waals surface area (Å²) in [5.74, 6) is -1.38. The zero-order valence-electron chi connectivity index (χ0n) is 15.1. The van der Waals surface area contributed by atoms with Gasteiger partial charge in [0, 0.05) is 25.2 Å². The number of nitrogens with zero attached hydrogens (tertiary/aromatic N) is 2. The zero-order valence-corrected chi connectivity index (χ0v) is 16.0. The van der Waals surface area contributed by atoms with E-state index >= 15 is 0 Å². The lowest BCUT2D eigenvalue weighted by Crippen LogP contribution is -2.51. The third kappa shape index (κ3) is 5.26. The van der Waals surface area contributed by atoms with Gasteiger partial charge in [-0.2, -0.15) is 4.31 Å². The first-order valence-electron chi connectivity index (χ1n) is 8.23. The largest absolute Gasteiger partial charge is 0.480 e. The number of amides is 1. The molecule has 9 heteroatoms. The summed E-state index contributed by atoms with van der Waals surface area (Å²) >= 11 is 0. The summed E-state index contributed by atoms with van der Waals surface area (Å²) in [5.41, 5.74) is 2.46. The van der Waals surface area contributed by atoms with Crippen molar-refractivity contribution in [3.8, 4) is 0 Å². The third-order valence-electron chi connectivity index (χ3n) is 4.24. The maximum absolute atomic E-state index is 12.8. The highest BCUT2D eigenvalue weighted by atomic mass is 32.2. The molecular formula is C17H24N2O6S. The van der Waals surface area contributed by atoms with Gasteiger partial charge in [-0.05, 0) is 25.5 Å². The van der Waals surface area contributed by atoms with Crippen molar-refractivity contribution in [3.63, 3.8) is 0 Å². The maximum atomic E-state index is 12.8. The van der Waals surface area contributed by atoms with Gasteiger partial charge in [-0.25, -0.2) is 8.42 Å². The third-order valence-corrected chi connectivity index (χ3v) is 5.45. The fraction of sp³-hybridized carbons (Fsp3) is 0.529. The van der Waals surface area contributed by atoms with E-state index in [0.29, 0.717) is 12.1 Å². The molecule has 1 aliphatic heterocycles. The van der Waals surface area contributed by atoms with Gasteiger partial charge in [-0.3, -0.25) is 9.59 Å². The zero-order chi connectivity index (χ0) is 19.5. The summed E-state index contributed by atoms with van der Waals surface area (Å²) in [6.07, 6.45) is 0.379. The Kier molecular flexibility index (Phi) is 6.38. The molecule has 26 heavy (non-hydrogen) atoms. The maximum Gasteiger partial charge on any atom is 0.318 e. The number of hydrogen-bond acceptors (Lipinski definition) is 5. The Morgan fingerprint density at radius 3 is 2.65 bits per heavy atom. The second-order valence-corrected chi connectivity index (χ2v) is 8.49. The quantitative estimate of drug-likeness (QED) is 0.765. The Balaban J connectivity index is 2.11. The average molecular weight is 384 g/mol. The molecule has 2 rings (SSSR count). The molecule has 1 N–H and O–H groups in total. The molecule has 1 amide bonds. The second-order valence-electron chi connectivity index (χ2n) is 6.51. The van der Waals surface area contributed by atoms with Crippen molar-refractivity contribution < 1.29 is 27.9 Å². The molecule has 144 valence electrons. The smallest absolute Gasteiger partial charge is 0.318 e. The highest BCUT2D eigenvalue weighted by Crippen LogP contribution is 2.17.